The van der Waals surface area contributed by atoms with Crippen molar-refractivity contribution in [2.45, 2.75) is 6.10 Å². The van der Waals surface area contributed by atoms with Crippen molar-refractivity contribution in [1.82, 2.24) is 10.6 Å². The maximum Gasteiger partial charge on any atom is 0.339 e. The Morgan fingerprint density at radius 2 is 1.68 bits per heavy atom. The maximum atomic E-state index is 13.3. The van der Waals surface area contributed by atoms with E-state index >= 15 is 0 Å². The van der Waals surface area contributed by atoms with Crippen LogP contribution in [0.1, 0.15) is 22.0 Å². The molecule has 0 aliphatic carbocycles. The minimum Gasteiger partial charge on any atom is -0.444 e. The summed E-state index contributed by atoms with van der Waals surface area (Å²) in [7, 11) is 1.31. The maximum absolute atomic E-state index is 13.3. The Hall–Kier alpha value is -3.29. The first kappa shape index (κ1) is 18.1. The van der Waals surface area contributed by atoms with Gasteiger partial charge in [0.05, 0.1) is 5.56 Å². The summed E-state index contributed by atoms with van der Waals surface area (Å²) in [5.74, 6) is -4.27. The summed E-state index contributed by atoms with van der Waals surface area (Å²) >= 11 is 0. The van der Waals surface area contributed by atoms with Crippen LogP contribution >= 0.6 is 0 Å². The molecule has 1 atom stereocenters. The third-order valence-electron chi connectivity index (χ3n) is 3.18. The molecule has 0 aromatic heterocycles. The molecule has 8 heteroatoms. The molecule has 2 aromatic carbocycles. The van der Waals surface area contributed by atoms with E-state index in [9.17, 15) is 23.2 Å². The number of urea groups is 1. The van der Waals surface area contributed by atoms with E-state index < -0.39 is 35.6 Å². The van der Waals surface area contributed by atoms with Crippen LogP contribution in [0, 0.1) is 11.6 Å². The van der Waals surface area contributed by atoms with Crippen LogP contribution in [-0.2, 0) is 9.53 Å². The summed E-state index contributed by atoms with van der Waals surface area (Å²) in [4.78, 5) is 35.7. The lowest BCUT2D eigenvalue weighted by Crippen LogP contribution is -2.41. The SMILES string of the molecule is CNC(=O)NC(=O)C(OC(=O)c1ccc(F)c(F)c1)c1ccccc1. The second-order valence-corrected chi connectivity index (χ2v) is 4.89. The molecular weight excluding hydrogens is 334 g/mol. The van der Waals surface area contributed by atoms with Gasteiger partial charge < -0.3 is 10.1 Å². The molecule has 1 unspecified atom stereocenters. The van der Waals surface area contributed by atoms with Crippen molar-refractivity contribution in [1.29, 1.82) is 0 Å². The van der Waals surface area contributed by atoms with Crippen LogP contribution in [0.25, 0.3) is 0 Å². The zero-order valence-corrected chi connectivity index (χ0v) is 13.1. The fourth-order valence-electron chi connectivity index (χ4n) is 1.94. The van der Waals surface area contributed by atoms with E-state index in [2.05, 4.69) is 5.32 Å². The van der Waals surface area contributed by atoms with Gasteiger partial charge >= 0.3 is 12.0 Å². The van der Waals surface area contributed by atoms with Gasteiger partial charge in [0.1, 0.15) is 0 Å². The average Bonchev–Trinajstić information content (AvgIpc) is 2.62. The summed E-state index contributed by atoms with van der Waals surface area (Å²) in [6, 6.07) is 9.63. The minimum atomic E-state index is -1.45. The van der Waals surface area contributed by atoms with Gasteiger partial charge in [0.2, 0.25) is 6.10 Å². The molecule has 0 radical (unpaired) electrons. The van der Waals surface area contributed by atoms with E-state index in [1.54, 1.807) is 18.2 Å². The van der Waals surface area contributed by atoms with Gasteiger partial charge in [0.25, 0.3) is 5.91 Å². The topological polar surface area (TPSA) is 84.5 Å². The molecule has 2 N–H and O–H groups in total. The zero-order valence-electron chi connectivity index (χ0n) is 13.1. The molecule has 3 amide bonds. The van der Waals surface area contributed by atoms with Crippen LogP contribution in [0.2, 0.25) is 0 Å². The summed E-state index contributed by atoms with van der Waals surface area (Å²) in [5.41, 5.74) is 0.0346. The lowest BCUT2D eigenvalue weighted by atomic mass is 10.1. The summed E-state index contributed by atoms with van der Waals surface area (Å²) in [6.07, 6.45) is -1.45. The largest absolute Gasteiger partial charge is 0.444 e. The number of halogens is 2. The number of hydrogen-bond acceptors (Lipinski definition) is 4. The van der Waals surface area contributed by atoms with Gasteiger partial charge in [0.15, 0.2) is 11.6 Å². The molecule has 2 aromatic rings. The fraction of sp³-hybridized carbons (Fsp3) is 0.118. The molecule has 6 nitrogen and oxygen atoms in total. The van der Waals surface area contributed by atoms with Crippen LogP contribution in [0.3, 0.4) is 0 Å². The van der Waals surface area contributed by atoms with Crippen molar-refractivity contribution in [2.75, 3.05) is 7.05 Å². The van der Waals surface area contributed by atoms with Crippen molar-refractivity contribution in [3.8, 4) is 0 Å². The van der Waals surface area contributed by atoms with Gasteiger partial charge in [-0.15, -0.1) is 0 Å². The zero-order chi connectivity index (χ0) is 18.4. The second-order valence-electron chi connectivity index (χ2n) is 4.89. The highest BCUT2D eigenvalue weighted by Crippen LogP contribution is 2.20. The Balaban J connectivity index is 2.26. The molecule has 130 valence electrons. The van der Waals surface area contributed by atoms with Gasteiger partial charge in [-0.2, -0.15) is 0 Å². The predicted molar refractivity (Wildman–Crippen MR) is 83.6 cm³/mol. The van der Waals surface area contributed by atoms with Crippen molar-refractivity contribution < 1.29 is 27.9 Å². The Bertz CT molecular complexity index is 796. The highest BCUT2D eigenvalue weighted by molar-refractivity contribution is 5.99. The van der Waals surface area contributed by atoms with E-state index in [0.29, 0.717) is 11.6 Å². The Labute approximate surface area is 141 Å². The van der Waals surface area contributed by atoms with Crippen LogP contribution in [0.15, 0.2) is 48.5 Å². The van der Waals surface area contributed by atoms with Crippen LogP contribution < -0.4 is 10.6 Å². The van der Waals surface area contributed by atoms with E-state index in [0.717, 1.165) is 12.1 Å². The third-order valence-corrected chi connectivity index (χ3v) is 3.18. The molecule has 2 rings (SSSR count). The smallest absolute Gasteiger partial charge is 0.339 e. The second kappa shape index (κ2) is 8.00. The molecule has 0 heterocycles. The van der Waals surface area contributed by atoms with Gasteiger partial charge in [-0.05, 0) is 18.2 Å². The molecule has 25 heavy (non-hydrogen) atoms. The number of hydrogen-bond donors (Lipinski definition) is 2. The summed E-state index contributed by atoms with van der Waals surface area (Å²) in [6.45, 7) is 0. The van der Waals surface area contributed by atoms with Crippen LogP contribution in [0.5, 0.6) is 0 Å². The predicted octanol–water partition coefficient (Wildman–Crippen LogP) is 2.32. The van der Waals surface area contributed by atoms with Gasteiger partial charge in [-0.3, -0.25) is 10.1 Å². The Morgan fingerprint density at radius 1 is 1.00 bits per heavy atom. The highest BCUT2D eigenvalue weighted by atomic mass is 19.2. The monoisotopic (exact) mass is 348 g/mol. The van der Waals surface area contributed by atoms with Gasteiger partial charge in [-0.1, -0.05) is 30.3 Å². The first-order chi connectivity index (χ1) is 11.9. The molecule has 0 bridgehead atoms. The first-order valence-corrected chi connectivity index (χ1v) is 7.16. The number of ether oxygens (including phenoxy) is 1. The van der Waals surface area contributed by atoms with Crippen LogP contribution in [0.4, 0.5) is 13.6 Å². The molecule has 0 spiro atoms. The number of benzene rings is 2. The molecule has 0 aliphatic rings. The average molecular weight is 348 g/mol. The molecule has 0 fully saturated rings. The van der Waals surface area contributed by atoms with Crippen LogP contribution in [-0.4, -0.2) is 25.0 Å². The third kappa shape index (κ3) is 4.60. The number of imide groups is 1. The normalized spacial score (nSPS) is 11.3. The highest BCUT2D eigenvalue weighted by Gasteiger charge is 2.27. The summed E-state index contributed by atoms with van der Waals surface area (Å²) in [5, 5.41) is 4.20. The van der Waals surface area contributed by atoms with Crippen molar-refractivity contribution in [2.24, 2.45) is 0 Å². The molecule has 0 saturated carbocycles. The number of carbonyl (C=O) groups excluding carboxylic acids is 3. The Kier molecular flexibility index (Phi) is 5.78. The van der Waals surface area contributed by atoms with Crippen molar-refractivity contribution in [3.05, 3.63) is 71.3 Å². The first-order valence-electron chi connectivity index (χ1n) is 7.16. The fourth-order valence-corrected chi connectivity index (χ4v) is 1.94. The molecule has 0 aliphatic heterocycles. The standard InChI is InChI=1S/C17H14F2N2O4/c1-20-17(24)21-15(22)14(10-5-3-2-4-6-10)25-16(23)11-7-8-12(18)13(19)9-11/h2-9,14H,1H3,(H2,20,21,22,24). The molecular formula is C17H14F2N2O4. The Morgan fingerprint density at radius 3 is 2.28 bits per heavy atom. The van der Waals surface area contributed by atoms with Gasteiger partial charge in [-0.25, -0.2) is 18.4 Å². The van der Waals surface area contributed by atoms with Crippen molar-refractivity contribution in [3.63, 3.8) is 0 Å². The van der Waals surface area contributed by atoms with Crippen molar-refractivity contribution >= 4 is 17.9 Å². The van der Waals surface area contributed by atoms with Gasteiger partial charge in [0, 0.05) is 12.6 Å². The minimum absolute atomic E-state index is 0.271. The number of carbonyl (C=O) groups is 3. The number of esters is 1. The quantitative estimate of drug-likeness (QED) is 0.831. The number of nitrogens with one attached hydrogen (secondary N) is 2. The molecule has 0 saturated heterocycles. The van der Waals surface area contributed by atoms with E-state index in [4.69, 9.17) is 4.74 Å². The van der Waals surface area contributed by atoms with E-state index in [1.165, 1.54) is 19.2 Å². The van der Waals surface area contributed by atoms with E-state index in [-0.39, 0.29) is 5.56 Å². The lowest BCUT2D eigenvalue weighted by Gasteiger charge is -2.17. The summed E-state index contributed by atoms with van der Waals surface area (Å²) < 4.78 is 31.3. The van der Waals surface area contributed by atoms with E-state index in [1.807, 2.05) is 5.32 Å². The number of rotatable bonds is 4. The lowest BCUT2D eigenvalue weighted by molar-refractivity contribution is -0.129. The number of amides is 3.